The highest BCUT2D eigenvalue weighted by atomic mass is 31.2. The van der Waals surface area contributed by atoms with Gasteiger partial charge in [0.1, 0.15) is 13.2 Å². The molecule has 3 atom stereocenters. The minimum absolute atomic E-state index is 0.00179. The van der Waals surface area contributed by atoms with Crippen LogP contribution in [-0.2, 0) is 18.4 Å². The van der Waals surface area contributed by atoms with Gasteiger partial charge in [-0.3, -0.25) is 9.36 Å². The van der Waals surface area contributed by atoms with Crippen LogP contribution < -0.4 is 10.2 Å². The highest BCUT2D eigenvalue weighted by molar-refractivity contribution is 7.45. The molecule has 1 amide bonds. The molecule has 0 aliphatic rings. The molecule has 2 N–H and O–H groups in total. The zero-order chi connectivity index (χ0) is 37.2. The largest absolute Gasteiger partial charge is 0.756 e. The van der Waals surface area contributed by atoms with Crippen LogP contribution in [0.1, 0.15) is 194 Å². The van der Waals surface area contributed by atoms with E-state index in [2.05, 4.69) is 19.2 Å². The molecule has 8 nitrogen and oxygen atoms in total. The third kappa shape index (κ3) is 35.6. The molecule has 50 heavy (non-hydrogen) atoms. The number of carbonyl (C=O) groups is 1. The Morgan fingerprint density at radius 3 is 1.50 bits per heavy atom. The standard InChI is InChI=1S/C41H83N2O6P/c1-6-8-10-12-14-16-18-19-20-21-22-23-24-25-26-28-30-32-34-40(44)39(38-49-50(46,47)48-37-36-43(3,4)5)42-41(45)35-33-31-29-27-17-15-13-11-9-7-2/h32,34,39-40,44H,6-31,33,35-38H2,1-5H3,(H-,42,45,46,47)/b34-32+. The fraction of sp³-hybridized carbons (Fsp3) is 0.927. The highest BCUT2D eigenvalue weighted by Gasteiger charge is 2.23. The van der Waals surface area contributed by atoms with Crippen LogP contribution in [0.15, 0.2) is 12.2 Å². The van der Waals surface area contributed by atoms with Gasteiger partial charge in [0.2, 0.25) is 5.91 Å². The number of aliphatic hydroxyl groups excluding tert-OH is 1. The molecule has 0 radical (unpaired) electrons. The van der Waals surface area contributed by atoms with E-state index in [0.29, 0.717) is 17.4 Å². The fourth-order valence-electron chi connectivity index (χ4n) is 6.09. The van der Waals surface area contributed by atoms with Crippen LogP contribution in [0.4, 0.5) is 0 Å². The summed E-state index contributed by atoms with van der Waals surface area (Å²) in [7, 11) is 1.27. The van der Waals surface area contributed by atoms with Gasteiger partial charge in [-0.1, -0.05) is 180 Å². The quantitative estimate of drug-likeness (QED) is 0.0283. The molecular formula is C41H83N2O6P. The van der Waals surface area contributed by atoms with Crippen molar-refractivity contribution in [1.82, 2.24) is 5.32 Å². The van der Waals surface area contributed by atoms with Crippen LogP contribution in [0.5, 0.6) is 0 Å². The Labute approximate surface area is 310 Å². The lowest BCUT2D eigenvalue weighted by Crippen LogP contribution is -2.45. The number of carbonyl (C=O) groups excluding carboxylic acids is 1. The number of amides is 1. The minimum Gasteiger partial charge on any atom is -0.756 e. The van der Waals surface area contributed by atoms with Gasteiger partial charge < -0.3 is 28.8 Å². The van der Waals surface area contributed by atoms with Crippen molar-refractivity contribution in [2.75, 3.05) is 40.9 Å². The molecule has 0 aromatic carbocycles. The van der Waals surface area contributed by atoms with E-state index >= 15 is 0 Å². The first-order chi connectivity index (χ1) is 24.0. The van der Waals surface area contributed by atoms with Crippen molar-refractivity contribution in [3.63, 3.8) is 0 Å². The number of unbranched alkanes of at least 4 members (excludes halogenated alkanes) is 25. The van der Waals surface area contributed by atoms with Crippen molar-refractivity contribution in [2.45, 2.75) is 206 Å². The summed E-state index contributed by atoms with van der Waals surface area (Å²) in [6, 6.07) is -0.878. The number of likely N-dealkylation sites (N-methyl/N-ethyl adjacent to an activating group) is 1. The average Bonchev–Trinajstić information content (AvgIpc) is 3.06. The summed E-state index contributed by atoms with van der Waals surface area (Å²) in [5, 5.41) is 13.7. The summed E-state index contributed by atoms with van der Waals surface area (Å²) >= 11 is 0. The van der Waals surface area contributed by atoms with Crippen molar-refractivity contribution in [3.8, 4) is 0 Å². The Balaban J connectivity index is 4.40. The Kier molecular flexibility index (Phi) is 33.5. The Morgan fingerprint density at radius 1 is 0.680 bits per heavy atom. The average molecular weight is 731 g/mol. The normalized spacial score (nSPS) is 14.6. The molecular weight excluding hydrogens is 647 g/mol. The summed E-state index contributed by atoms with van der Waals surface area (Å²) in [4.78, 5) is 25.2. The first-order valence-corrected chi connectivity index (χ1v) is 22.5. The molecule has 0 saturated heterocycles. The number of nitrogens with zero attached hydrogens (tertiary/aromatic N) is 1. The van der Waals surface area contributed by atoms with Crippen molar-refractivity contribution in [3.05, 3.63) is 12.2 Å². The molecule has 0 saturated carbocycles. The monoisotopic (exact) mass is 731 g/mol. The van der Waals surface area contributed by atoms with Gasteiger partial charge in [0.15, 0.2) is 0 Å². The summed E-state index contributed by atoms with van der Waals surface area (Å²) in [6.45, 7) is 4.63. The third-order valence-corrected chi connectivity index (χ3v) is 10.5. The summed E-state index contributed by atoms with van der Waals surface area (Å²) in [6.07, 6.45) is 36.8. The first kappa shape index (κ1) is 49.2. The summed E-state index contributed by atoms with van der Waals surface area (Å²) in [5.41, 5.74) is 0. The molecule has 0 rings (SSSR count). The molecule has 0 aromatic rings. The van der Waals surface area contributed by atoms with Crippen molar-refractivity contribution < 1.29 is 32.9 Å². The number of phosphoric ester groups is 1. The molecule has 9 heteroatoms. The maximum absolute atomic E-state index is 12.8. The van der Waals surface area contributed by atoms with E-state index in [4.69, 9.17) is 9.05 Å². The third-order valence-electron chi connectivity index (χ3n) is 9.50. The maximum Gasteiger partial charge on any atom is 0.268 e. The van der Waals surface area contributed by atoms with Gasteiger partial charge in [0.25, 0.3) is 7.82 Å². The Bertz CT molecular complexity index is 834. The zero-order valence-corrected chi connectivity index (χ0v) is 34.5. The van der Waals surface area contributed by atoms with E-state index in [1.165, 1.54) is 135 Å². The summed E-state index contributed by atoms with van der Waals surface area (Å²) in [5.74, 6) is -0.199. The molecule has 298 valence electrons. The van der Waals surface area contributed by atoms with Gasteiger partial charge in [-0.05, 0) is 19.3 Å². The molecule has 0 heterocycles. The van der Waals surface area contributed by atoms with Crippen LogP contribution in [0.25, 0.3) is 0 Å². The van der Waals surface area contributed by atoms with Crippen molar-refractivity contribution in [1.29, 1.82) is 0 Å². The molecule has 0 fully saturated rings. The van der Waals surface area contributed by atoms with E-state index < -0.39 is 20.0 Å². The highest BCUT2D eigenvalue weighted by Crippen LogP contribution is 2.38. The predicted octanol–water partition coefficient (Wildman–Crippen LogP) is 10.6. The van der Waals surface area contributed by atoms with E-state index in [1.54, 1.807) is 6.08 Å². The van der Waals surface area contributed by atoms with Gasteiger partial charge in [-0.25, -0.2) is 0 Å². The number of allylic oxidation sites excluding steroid dienone is 1. The Morgan fingerprint density at radius 2 is 1.08 bits per heavy atom. The van der Waals surface area contributed by atoms with Gasteiger partial charge in [0.05, 0.1) is 39.9 Å². The predicted molar refractivity (Wildman–Crippen MR) is 210 cm³/mol. The fourth-order valence-corrected chi connectivity index (χ4v) is 6.82. The van der Waals surface area contributed by atoms with Crippen molar-refractivity contribution in [2.24, 2.45) is 0 Å². The molecule has 0 aromatic heterocycles. The number of hydrogen-bond acceptors (Lipinski definition) is 6. The van der Waals surface area contributed by atoms with Crippen LogP contribution in [0.2, 0.25) is 0 Å². The van der Waals surface area contributed by atoms with Crippen LogP contribution in [0.3, 0.4) is 0 Å². The maximum atomic E-state index is 12.8. The second-order valence-electron chi connectivity index (χ2n) is 15.7. The van der Waals surface area contributed by atoms with Gasteiger partial charge >= 0.3 is 0 Å². The smallest absolute Gasteiger partial charge is 0.268 e. The second-order valence-corrected chi connectivity index (χ2v) is 17.1. The zero-order valence-electron chi connectivity index (χ0n) is 33.6. The number of nitrogens with one attached hydrogen (secondary N) is 1. The lowest BCUT2D eigenvalue weighted by molar-refractivity contribution is -0.870. The van der Waals surface area contributed by atoms with Gasteiger partial charge in [0, 0.05) is 6.42 Å². The lowest BCUT2D eigenvalue weighted by Gasteiger charge is -2.29. The molecule has 3 unspecified atom stereocenters. The van der Waals surface area contributed by atoms with Crippen LogP contribution in [-0.4, -0.2) is 68.5 Å². The minimum atomic E-state index is -4.57. The molecule has 0 spiro atoms. The number of quaternary nitrogens is 1. The van der Waals surface area contributed by atoms with Crippen LogP contribution in [0, 0.1) is 0 Å². The van der Waals surface area contributed by atoms with Gasteiger partial charge in [-0.15, -0.1) is 0 Å². The number of hydrogen-bond donors (Lipinski definition) is 2. The van der Waals surface area contributed by atoms with E-state index in [0.717, 1.165) is 38.5 Å². The molecule has 0 aliphatic heterocycles. The van der Waals surface area contributed by atoms with E-state index in [9.17, 15) is 19.4 Å². The van der Waals surface area contributed by atoms with E-state index in [1.807, 2.05) is 27.2 Å². The SMILES string of the molecule is CCCCCCCCCCCCCCCCCC/C=C/C(O)C(COP(=O)([O-])OCC[N+](C)(C)C)NC(=O)CCCCCCCCCCCC. The van der Waals surface area contributed by atoms with Crippen molar-refractivity contribution >= 4 is 13.7 Å². The number of phosphoric acid groups is 1. The summed E-state index contributed by atoms with van der Waals surface area (Å²) < 4.78 is 23.1. The lowest BCUT2D eigenvalue weighted by atomic mass is 10.0. The first-order valence-electron chi connectivity index (χ1n) is 21.1. The van der Waals surface area contributed by atoms with E-state index in [-0.39, 0.29) is 19.1 Å². The van der Waals surface area contributed by atoms with Crippen LogP contribution >= 0.6 is 7.82 Å². The molecule has 0 bridgehead atoms. The topological polar surface area (TPSA) is 108 Å². The Hall–Kier alpha value is -0.760. The second kappa shape index (κ2) is 34.0. The molecule has 0 aliphatic carbocycles. The number of rotatable bonds is 38. The number of aliphatic hydroxyl groups is 1. The van der Waals surface area contributed by atoms with Gasteiger partial charge in [-0.2, -0.15) is 0 Å².